The smallest absolute Gasteiger partial charge is 0.387 e. The zero-order valence-electron chi connectivity index (χ0n) is 12.4. The van der Waals surface area contributed by atoms with Crippen LogP contribution in [0.1, 0.15) is 30.0 Å². The second-order valence-electron chi connectivity index (χ2n) is 5.66. The largest absolute Gasteiger partial charge is 0.434 e. The topological polar surface area (TPSA) is 47.3 Å². The summed E-state index contributed by atoms with van der Waals surface area (Å²) in [6, 6.07) is 12.0. The first-order valence-electron chi connectivity index (χ1n) is 7.44. The van der Waals surface area contributed by atoms with Crippen molar-refractivity contribution in [2.75, 3.05) is 0 Å². The zero-order chi connectivity index (χ0) is 16.8. The van der Waals surface area contributed by atoms with Crippen LogP contribution in [0, 0.1) is 0 Å². The molecule has 2 atom stereocenters. The van der Waals surface area contributed by atoms with Crippen molar-refractivity contribution in [2.24, 2.45) is 0 Å². The molecule has 1 N–H and O–H groups in total. The number of para-hydroxylation sites is 1. The monoisotopic (exact) mass is 394 g/mol. The number of hydrogen-bond donors (Lipinski definition) is 1. The maximum Gasteiger partial charge on any atom is 0.387 e. The molecule has 2 heterocycles. The van der Waals surface area contributed by atoms with E-state index >= 15 is 0 Å². The Balaban J connectivity index is 1.89. The Bertz CT molecular complexity index is 913. The third-order valence-electron chi connectivity index (χ3n) is 4.23. The lowest BCUT2D eigenvalue weighted by Gasteiger charge is -2.18. The van der Waals surface area contributed by atoms with Gasteiger partial charge in [-0.05, 0) is 24.3 Å². The van der Waals surface area contributed by atoms with E-state index in [-0.39, 0.29) is 11.8 Å². The number of rotatable bonds is 3. The van der Waals surface area contributed by atoms with Crippen LogP contribution in [-0.2, 0) is 0 Å². The first-order valence-corrected chi connectivity index (χ1v) is 8.23. The average Bonchev–Trinajstić information content (AvgIpc) is 3.05. The van der Waals surface area contributed by atoms with E-state index in [4.69, 9.17) is 0 Å². The summed E-state index contributed by atoms with van der Waals surface area (Å²) in [7, 11) is 0. The summed E-state index contributed by atoms with van der Waals surface area (Å²) in [5, 5.41) is 10.4. The molecule has 0 radical (unpaired) electrons. The molecule has 124 valence electrons. The normalized spacial score (nSPS) is 19.9. The molecule has 0 spiro atoms. The number of fused-ring (bicyclic) bond motifs is 3. The molecule has 4 nitrogen and oxygen atoms in total. The lowest BCUT2D eigenvalue weighted by molar-refractivity contribution is -0.0507. The van der Waals surface area contributed by atoms with Gasteiger partial charge in [-0.3, -0.25) is 0 Å². The van der Waals surface area contributed by atoms with Gasteiger partial charge in [-0.25, -0.2) is 4.98 Å². The number of aliphatic hydroxyl groups excluding tert-OH is 1. The van der Waals surface area contributed by atoms with Gasteiger partial charge in [-0.15, -0.1) is 0 Å². The molecule has 0 fully saturated rings. The molecule has 0 saturated carbocycles. The number of aliphatic hydroxyl groups is 1. The van der Waals surface area contributed by atoms with Gasteiger partial charge in [-0.1, -0.05) is 34.1 Å². The summed E-state index contributed by atoms with van der Waals surface area (Å²) < 4.78 is 32.9. The SMILES string of the molecule is OC1CC(c2ccccc2OC(F)F)n2c1nc1ccc(Br)cc12. The van der Waals surface area contributed by atoms with Gasteiger partial charge in [0.25, 0.3) is 0 Å². The van der Waals surface area contributed by atoms with E-state index in [1.807, 2.05) is 22.8 Å². The second-order valence-corrected chi connectivity index (χ2v) is 6.57. The number of alkyl halides is 2. The first kappa shape index (κ1) is 15.5. The fraction of sp³-hybridized carbons (Fsp3) is 0.235. The van der Waals surface area contributed by atoms with E-state index < -0.39 is 12.7 Å². The Morgan fingerprint density at radius 3 is 2.83 bits per heavy atom. The number of ether oxygens (including phenoxy) is 1. The number of aromatic nitrogens is 2. The molecule has 24 heavy (non-hydrogen) atoms. The highest BCUT2D eigenvalue weighted by Crippen LogP contribution is 2.44. The minimum Gasteiger partial charge on any atom is -0.434 e. The second kappa shape index (κ2) is 5.82. The van der Waals surface area contributed by atoms with Crippen LogP contribution in [0.2, 0.25) is 0 Å². The Labute approximate surface area is 144 Å². The van der Waals surface area contributed by atoms with E-state index in [2.05, 4.69) is 25.7 Å². The van der Waals surface area contributed by atoms with E-state index in [0.29, 0.717) is 17.8 Å². The van der Waals surface area contributed by atoms with Crippen molar-refractivity contribution in [3.8, 4) is 5.75 Å². The number of nitrogens with zero attached hydrogens (tertiary/aromatic N) is 2. The fourth-order valence-electron chi connectivity index (χ4n) is 3.29. The van der Waals surface area contributed by atoms with Crippen LogP contribution < -0.4 is 4.74 Å². The maximum absolute atomic E-state index is 12.7. The van der Waals surface area contributed by atoms with Crippen LogP contribution >= 0.6 is 15.9 Å². The first-order chi connectivity index (χ1) is 11.5. The third kappa shape index (κ3) is 2.48. The van der Waals surface area contributed by atoms with E-state index in [1.165, 1.54) is 6.07 Å². The molecule has 1 aliphatic rings. The lowest BCUT2D eigenvalue weighted by Crippen LogP contribution is -2.10. The summed E-state index contributed by atoms with van der Waals surface area (Å²) in [6.07, 6.45) is -0.380. The molecular weight excluding hydrogens is 382 g/mol. The number of benzene rings is 2. The Hall–Kier alpha value is -1.99. The summed E-state index contributed by atoms with van der Waals surface area (Å²) in [5.74, 6) is 0.661. The molecule has 0 bridgehead atoms. The van der Waals surface area contributed by atoms with Gasteiger partial charge in [0.2, 0.25) is 0 Å². The minimum atomic E-state index is -2.90. The molecule has 2 unspecified atom stereocenters. The van der Waals surface area contributed by atoms with Crippen molar-refractivity contribution in [2.45, 2.75) is 25.2 Å². The van der Waals surface area contributed by atoms with Crippen molar-refractivity contribution in [3.05, 3.63) is 58.3 Å². The highest BCUT2D eigenvalue weighted by Gasteiger charge is 2.35. The minimum absolute atomic E-state index is 0.120. The van der Waals surface area contributed by atoms with Gasteiger partial charge in [0.1, 0.15) is 17.7 Å². The Morgan fingerprint density at radius 2 is 2.04 bits per heavy atom. The highest BCUT2D eigenvalue weighted by atomic mass is 79.9. The molecule has 1 aromatic heterocycles. The third-order valence-corrected chi connectivity index (χ3v) is 4.72. The van der Waals surface area contributed by atoms with Crippen molar-refractivity contribution in [1.82, 2.24) is 9.55 Å². The predicted octanol–water partition coefficient (Wildman–Crippen LogP) is 4.43. The van der Waals surface area contributed by atoms with Crippen LogP contribution in [-0.4, -0.2) is 21.3 Å². The van der Waals surface area contributed by atoms with Gasteiger partial charge in [0.15, 0.2) is 0 Å². The molecule has 2 aromatic carbocycles. The lowest BCUT2D eigenvalue weighted by atomic mass is 10.0. The summed E-state index contributed by atoms with van der Waals surface area (Å²) in [4.78, 5) is 4.48. The Kier molecular flexibility index (Phi) is 3.77. The fourth-order valence-corrected chi connectivity index (χ4v) is 3.64. The number of imidazole rings is 1. The average molecular weight is 395 g/mol. The van der Waals surface area contributed by atoms with Gasteiger partial charge in [0.05, 0.1) is 17.1 Å². The van der Waals surface area contributed by atoms with Crippen molar-refractivity contribution < 1.29 is 18.6 Å². The Morgan fingerprint density at radius 1 is 1.25 bits per heavy atom. The summed E-state index contributed by atoms with van der Waals surface area (Å²) in [6.45, 7) is -2.90. The summed E-state index contributed by atoms with van der Waals surface area (Å²) in [5.41, 5.74) is 2.20. The number of hydrogen-bond acceptors (Lipinski definition) is 3. The van der Waals surface area contributed by atoms with E-state index in [9.17, 15) is 13.9 Å². The quantitative estimate of drug-likeness (QED) is 0.714. The van der Waals surface area contributed by atoms with Crippen molar-refractivity contribution >= 4 is 27.0 Å². The zero-order valence-corrected chi connectivity index (χ0v) is 14.0. The van der Waals surface area contributed by atoms with E-state index in [1.54, 1.807) is 18.2 Å². The molecule has 0 aliphatic carbocycles. The number of halogens is 3. The van der Waals surface area contributed by atoms with Crippen LogP contribution in [0.25, 0.3) is 11.0 Å². The van der Waals surface area contributed by atoms with Gasteiger partial charge < -0.3 is 14.4 Å². The van der Waals surface area contributed by atoms with Crippen LogP contribution in [0.4, 0.5) is 8.78 Å². The molecular formula is C17H13BrF2N2O2. The van der Waals surface area contributed by atoms with Crippen LogP contribution in [0.15, 0.2) is 46.9 Å². The van der Waals surface area contributed by atoms with Crippen LogP contribution in [0.5, 0.6) is 5.75 Å². The van der Waals surface area contributed by atoms with Gasteiger partial charge in [-0.2, -0.15) is 8.78 Å². The summed E-state index contributed by atoms with van der Waals surface area (Å²) >= 11 is 3.44. The molecule has 7 heteroatoms. The van der Waals surface area contributed by atoms with Crippen molar-refractivity contribution in [1.29, 1.82) is 0 Å². The van der Waals surface area contributed by atoms with Crippen molar-refractivity contribution in [3.63, 3.8) is 0 Å². The van der Waals surface area contributed by atoms with Crippen LogP contribution in [0.3, 0.4) is 0 Å². The molecule has 0 saturated heterocycles. The van der Waals surface area contributed by atoms with Gasteiger partial charge >= 0.3 is 6.61 Å². The molecule has 4 rings (SSSR count). The predicted molar refractivity (Wildman–Crippen MR) is 88.2 cm³/mol. The highest BCUT2D eigenvalue weighted by molar-refractivity contribution is 9.10. The molecule has 3 aromatic rings. The van der Waals surface area contributed by atoms with Gasteiger partial charge in [0, 0.05) is 16.5 Å². The van der Waals surface area contributed by atoms with E-state index in [0.717, 1.165) is 15.5 Å². The molecule has 1 aliphatic heterocycles. The standard InChI is InChI=1S/C17H13BrF2N2O2/c18-9-5-6-11-13(7-9)22-12(8-14(23)16(22)21-11)10-3-1-2-4-15(10)24-17(19)20/h1-7,12,14,17,23H,8H2. The molecule has 0 amide bonds. The maximum atomic E-state index is 12.7.